The highest BCUT2D eigenvalue weighted by atomic mass is 79.9. The van der Waals surface area contributed by atoms with Crippen molar-refractivity contribution >= 4 is 15.9 Å². The van der Waals surface area contributed by atoms with E-state index in [1.54, 1.807) is 7.11 Å². The molecule has 0 aromatic heterocycles. The summed E-state index contributed by atoms with van der Waals surface area (Å²) in [5.74, 6) is 0.964. The summed E-state index contributed by atoms with van der Waals surface area (Å²) in [6, 6.07) is 4.17. The quantitative estimate of drug-likeness (QED) is 0.586. The van der Waals surface area contributed by atoms with Crippen LogP contribution in [0.1, 0.15) is 18.1 Å². The minimum absolute atomic E-state index is 0.601. The van der Waals surface area contributed by atoms with Crippen molar-refractivity contribution in [1.82, 2.24) is 5.32 Å². The molecule has 1 rings (SSSR count). The molecule has 0 aliphatic rings. The number of ether oxygens (including phenoxy) is 2. The van der Waals surface area contributed by atoms with Gasteiger partial charge in [0, 0.05) is 30.2 Å². The maximum Gasteiger partial charge on any atom is 0.127 e. The molecule has 0 amide bonds. The minimum atomic E-state index is 0.601. The van der Waals surface area contributed by atoms with E-state index in [4.69, 9.17) is 9.47 Å². The van der Waals surface area contributed by atoms with Crippen molar-refractivity contribution in [2.75, 3.05) is 26.9 Å². The SMILES string of the molecule is C/C=C/COc1c(C)cc(Br)cc1CNCCOC. The van der Waals surface area contributed by atoms with Gasteiger partial charge in [0.15, 0.2) is 0 Å². The van der Waals surface area contributed by atoms with E-state index in [-0.39, 0.29) is 0 Å². The van der Waals surface area contributed by atoms with Gasteiger partial charge in [0.1, 0.15) is 12.4 Å². The highest BCUT2D eigenvalue weighted by molar-refractivity contribution is 9.10. The molecule has 1 N–H and O–H groups in total. The van der Waals surface area contributed by atoms with Crippen LogP contribution in [0.5, 0.6) is 5.75 Å². The van der Waals surface area contributed by atoms with Gasteiger partial charge in [-0.05, 0) is 31.5 Å². The Bertz CT molecular complexity index is 419. The third kappa shape index (κ3) is 5.76. The highest BCUT2D eigenvalue weighted by Crippen LogP contribution is 2.28. The van der Waals surface area contributed by atoms with Gasteiger partial charge in [-0.3, -0.25) is 0 Å². The van der Waals surface area contributed by atoms with Crippen molar-refractivity contribution in [2.45, 2.75) is 20.4 Å². The van der Waals surface area contributed by atoms with E-state index in [9.17, 15) is 0 Å². The largest absolute Gasteiger partial charge is 0.489 e. The van der Waals surface area contributed by atoms with Gasteiger partial charge in [-0.2, -0.15) is 0 Å². The van der Waals surface area contributed by atoms with E-state index in [0.29, 0.717) is 13.2 Å². The van der Waals surface area contributed by atoms with Crippen LogP contribution in [0, 0.1) is 6.92 Å². The Morgan fingerprint density at radius 3 is 2.84 bits per heavy atom. The number of methoxy groups -OCH3 is 1. The summed E-state index contributed by atoms with van der Waals surface area (Å²) in [6.45, 7) is 6.97. The number of hydrogen-bond acceptors (Lipinski definition) is 3. The Kier molecular flexibility index (Phi) is 7.79. The van der Waals surface area contributed by atoms with Crippen LogP contribution in [0.15, 0.2) is 28.8 Å². The van der Waals surface area contributed by atoms with Crippen molar-refractivity contribution in [2.24, 2.45) is 0 Å². The number of allylic oxidation sites excluding steroid dienone is 1. The first-order valence-corrected chi connectivity index (χ1v) is 7.21. The lowest BCUT2D eigenvalue weighted by Crippen LogP contribution is -2.19. The van der Waals surface area contributed by atoms with Gasteiger partial charge in [0.05, 0.1) is 6.61 Å². The Hall–Kier alpha value is -0.840. The van der Waals surface area contributed by atoms with Gasteiger partial charge in [0.2, 0.25) is 0 Å². The summed E-state index contributed by atoms with van der Waals surface area (Å²) >= 11 is 3.53. The number of benzene rings is 1. The summed E-state index contributed by atoms with van der Waals surface area (Å²) in [7, 11) is 1.70. The maximum absolute atomic E-state index is 5.84. The van der Waals surface area contributed by atoms with E-state index in [1.165, 1.54) is 0 Å². The fourth-order valence-corrected chi connectivity index (χ4v) is 2.38. The number of rotatable bonds is 8. The molecule has 0 aliphatic heterocycles. The van der Waals surface area contributed by atoms with E-state index in [2.05, 4.69) is 40.3 Å². The van der Waals surface area contributed by atoms with Crippen LogP contribution in [-0.2, 0) is 11.3 Å². The number of hydrogen-bond donors (Lipinski definition) is 1. The molecule has 0 radical (unpaired) electrons. The molecule has 0 heterocycles. The zero-order valence-electron chi connectivity index (χ0n) is 11.8. The third-order valence-corrected chi connectivity index (χ3v) is 3.13. The molecule has 0 fully saturated rings. The number of aryl methyl sites for hydroxylation is 1. The molecule has 0 atom stereocenters. The Morgan fingerprint density at radius 2 is 2.16 bits per heavy atom. The highest BCUT2D eigenvalue weighted by Gasteiger charge is 2.08. The summed E-state index contributed by atoms with van der Waals surface area (Å²) in [5.41, 5.74) is 2.30. The van der Waals surface area contributed by atoms with Crippen LogP contribution in [-0.4, -0.2) is 26.9 Å². The molecule has 0 unspecified atom stereocenters. The van der Waals surface area contributed by atoms with Gasteiger partial charge in [0.25, 0.3) is 0 Å². The average Bonchev–Trinajstić information content (AvgIpc) is 2.37. The van der Waals surface area contributed by atoms with Crippen LogP contribution in [0.2, 0.25) is 0 Å². The Balaban J connectivity index is 2.74. The molecule has 0 saturated heterocycles. The second-order valence-electron chi connectivity index (χ2n) is 4.26. The van der Waals surface area contributed by atoms with E-state index < -0.39 is 0 Å². The summed E-state index contributed by atoms with van der Waals surface area (Å²) in [5, 5.41) is 3.34. The summed E-state index contributed by atoms with van der Waals surface area (Å²) in [6.07, 6.45) is 3.99. The van der Waals surface area contributed by atoms with Crippen molar-refractivity contribution in [3.05, 3.63) is 39.9 Å². The molecular weight excluding hydrogens is 306 g/mol. The molecule has 1 aromatic carbocycles. The van der Waals surface area contributed by atoms with Crippen LogP contribution in [0.3, 0.4) is 0 Å². The fraction of sp³-hybridized carbons (Fsp3) is 0.467. The van der Waals surface area contributed by atoms with Crippen molar-refractivity contribution in [1.29, 1.82) is 0 Å². The van der Waals surface area contributed by atoms with Crippen LogP contribution >= 0.6 is 15.9 Å². The van der Waals surface area contributed by atoms with Crippen LogP contribution in [0.4, 0.5) is 0 Å². The molecule has 0 aliphatic carbocycles. The standard InChI is InChI=1S/C15H22BrNO2/c1-4-5-7-19-15-12(2)9-14(16)10-13(15)11-17-6-8-18-3/h4-5,9-10,17H,6-8,11H2,1-3H3/b5-4+. The molecule has 3 nitrogen and oxygen atoms in total. The molecule has 0 saturated carbocycles. The molecule has 1 aromatic rings. The predicted octanol–water partition coefficient (Wildman–Crippen LogP) is 3.45. The first kappa shape index (κ1) is 16.2. The lowest BCUT2D eigenvalue weighted by atomic mass is 10.1. The zero-order valence-corrected chi connectivity index (χ0v) is 13.4. The topological polar surface area (TPSA) is 30.5 Å². The lowest BCUT2D eigenvalue weighted by Gasteiger charge is -2.14. The smallest absolute Gasteiger partial charge is 0.127 e. The Labute approximate surface area is 124 Å². The molecule has 4 heteroatoms. The van der Waals surface area contributed by atoms with Crippen molar-refractivity contribution in [3.63, 3.8) is 0 Å². The molecule has 0 spiro atoms. The molecule has 19 heavy (non-hydrogen) atoms. The predicted molar refractivity (Wildman–Crippen MR) is 82.8 cm³/mol. The van der Waals surface area contributed by atoms with Gasteiger partial charge in [-0.25, -0.2) is 0 Å². The van der Waals surface area contributed by atoms with Crippen molar-refractivity contribution < 1.29 is 9.47 Å². The minimum Gasteiger partial charge on any atom is -0.489 e. The fourth-order valence-electron chi connectivity index (χ4n) is 1.76. The van der Waals surface area contributed by atoms with E-state index >= 15 is 0 Å². The van der Waals surface area contributed by atoms with E-state index in [1.807, 2.05) is 19.1 Å². The maximum atomic E-state index is 5.84. The first-order chi connectivity index (χ1) is 9.19. The second kappa shape index (κ2) is 9.13. The third-order valence-electron chi connectivity index (χ3n) is 2.67. The van der Waals surface area contributed by atoms with Crippen molar-refractivity contribution in [3.8, 4) is 5.75 Å². The zero-order chi connectivity index (χ0) is 14.1. The first-order valence-electron chi connectivity index (χ1n) is 6.41. The number of halogens is 1. The summed E-state index contributed by atoms with van der Waals surface area (Å²) < 4.78 is 11.9. The van der Waals surface area contributed by atoms with Crippen LogP contribution in [0.25, 0.3) is 0 Å². The van der Waals surface area contributed by atoms with Gasteiger partial charge >= 0.3 is 0 Å². The van der Waals surface area contributed by atoms with E-state index in [0.717, 1.165) is 34.4 Å². The monoisotopic (exact) mass is 327 g/mol. The molecule has 0 bridgehead atoms. The second-order valence-corrected chi connectivity index (χ2v) is 5.18. The van der Waals surface area contributed by atoms with Gasteiger partial charge in [-0.1, -0.05) is 28.1 Å². The average molecular weight is 328 g/mol. The molecular formula is C15H22BrNO2. The summed E-state index contributed by atoms with van der Waals surface area (Å²) in [4.78, 5) is 0. The Morgan fingerprint density at radius 1 is 1.37 bits per heavy atom. The normalized spacial score (nSPS) is 11.2. The van der Waals surface area contributed by atoms with Gasteiger partial charge < -0.3 is 14.8 Å². The van der Waals surface area contributed by atoms with Crippen LogP contribution < -0.4 is 10.1 Å². The van der Waals surface area contributed by atoms with Gasteiger partial charge in [-0.15, -0.1) is 0 Å². The molecule has 106 valence electrons. The number of nitrogens with one attached hydrogen (secondary N) is 1. The lowest BCUT2D eigenvalue weighted by molar-refractivity contribution is 0.199.